The average molecular weight is 476 g/mol. The molecular formula is C21H21N3O4S3. The molecule has 0 saturated carbocycles. The molecule has 4 rings (SSSR count). The fourth-order valence-electron chi connectivity index (χ4n) is 3.09. The molecule has 0 radical (unpaired) electrons. The third-order valence-corrected chi connectivity index (χ3v) is 7.72. The van der Waals surface area contributed by atoms with Crippen molar-refractivity contribution in [3.05, 3.63) is 58.4 Å². The van der Waals surface area contributed by atoms with Crippen LogP contribution < -0.4 is 14.8 Å². The predicted octanol–water partition coefficient (Wildman–Crippen LogP) is 3.43. The van der Waals surface area contributed by atoms with Crippen molar-refractivity contribution in [2.24, 2.45) is 0 Å². The summed E-state index contributed by atoms with van der Waals surface area (Å²) in [5.74, 6) is 0.0498. The van der Waals surface area contributed by atoms with E-state index >= 15 is 0 Å². The SMILES string of the molecule is Cc1nc2c(cc(OCC(=O)NCCS(=O)(=O)NCc3ccccc3)c3ccsc32)s1. The van der Waals surface area contributed by atoms with Gasteiger partial charge in [0.25, 0.3) is 5.91 Å². The zero-order valence-corrected chi connectivity index (χ0v) is 19.2. The number of carbonyl (C=O) groups is 1. The normalized spacial score (nSPS) is 11.8. The van der Waals surface area contributed by atoms with Crippen LogP contribution in [0.2, 0.25) is 0 Å². The van der Waals surface area contributed by atoms with Gasteiger partial charge in [-0.15, -0.1) is 22.7 Å². The average Bonchev–Trinajstić information content (AvgIpc) is 3.37. The van der Waals surface area contributed by atoms with Gasteiger partial charge in [0.15, 0.2) is 6.61 Å². The minimum atomic E-state index is -3.50. The monoisotopic (exact) mass is 475 g/mol. The number of nitrogens with zero attached hydrogens (tertiary/aromatic N) is 1. The molecule has 2 aromatic carbocycles. The van der Waals surface area contributed by atoms with Crippen molar-refractivity contribution in [1.82, 2.24) is 15.0 Å². The molecule has 2 N–H and O–H groups in total. The van der Waals surface area contributed by atoms with E-state index in [1.54, 1.807) is 22.7 Å². The lowest BCUT2D eigenvalue weighted by Crippen LogP contribution is -2.36. The third-order valence-electron chi connectivity index (χ3n) is 4.56. The highest BCUT2D eigenvalue weighted by Crippen LogP contribution is 2.38. The Hall–Kier alpha value is -2.53. The molecule has 0 unspecified atom stereocenters. The summed E-state index contributed by atoms with van der Waals surface area (Å²) in [5.41, 5.74) is 1.83. The number of rotatable bonds is 9. The van der Waals surface area contributed by atoms with Gasteiger partial charge >= 0.3 is 0 Å². The van der Waals surface area contributed by atoms with Gasteiger partial charge in [0.2, 0.25) is 10.0 Å². The van der Waals surface area contributed by atoms with Crippen LogP contribution in [-0.2, 0) is 21.4 Å². The van der Waals surface area contributed by atoms with Crippen molar-refractivity contribution in [3.8, 4) is 5.75 Å². The molecule has 0 fully saturated rings. The molecule has 0 aliphatic heterocycles. The Morgan fingerprint density at radius 2 is 2.00 bits per heavy atom. The number of thiazole rings is 1. The number of ether oxygens (including phenoxy) is 1. The molecule has 31 heavy (non-hydrogen) atoms. The molecule has 0 aliphatic carbocycles. The van der Waals surface area contributed by atoms with Crippen molar-refractivity contribution in [2.75, 3.05) is 18.9 Å². The van der Waals surface area contributed by atoms with E-state index < -0.39 is 10.0 Å². The molecule has 0 aliphatic rings. The standard InChI is InChI=1S/C21H21N3O4S3/c1-14-24-20-18(30-14)11-17(16-7-9-29-21(16)20)28-13-19(25)22-8-10-31(26,27)23-12-15-5-3-2-4-6-15/h2-7,9,11,23H,8,10,12-13H2,1H3,(H,22,25). The molecule has 0 atom stereocenters. The van der Waals surface area contributed by atoms with Crippen LogP contribution in [0.3, 0.4) is 0 Å². The number of hydrogen-bond donors (Lipinski definition) is 2. The molecule has 1 amide bonds. The van der Waals surface area contributed by atoms with E-state index in [2.05, 4.69) is 15.0 Å². The molecule has 0 saturated heterocycles. The van der Waals surface area contributed by atoms with Crippen LogP contribution in [0.15, 0.2) is 47.8 Å². The van der Waals surface area contributed by atoms with Crippen LogP contribution in [0.25, 0.3) is 20.3 Å². The molecule has 2 heterocycles. The Labute approximate surface area is 188 Å². The first kappa shape index (κ1) is 21.7. The highest BCUT2D eigenvalue weighted by Gasteiger charge is 2.14. The van der Waals surface area contributed by atoms with Crippen LogP contribution in [0.5, 0.6) is 5.75 Å². The first-order chi connectivity index (χ1) is 14.9. The first-order valence-corrected chi connectivity index (χ1v) is 12.9. The number of carbonyl (C=O) groups excluding carboxylic acids is 1. The minimum Gasteiger partial charge on any atom is -0.483 e. The minimum absolute atomic E-state index is 0.00719. The Balaban J connectivity index is 1.29. The quantitative estimate of drug-likeness (QED) is 0.387. The fraction of sp³-hybridized carbons (Fsp3) is 0.238. The summed E-state index contributed by atoms with van der Waals surface area (Å²) < 4.78 is 34.6. The van der Waals surface area contributed by atoms with Crippen LogP contribution in [-0.4, -0.2) is 38.2 Å². The van der Waals surface area contributed by atoms with E-state index in [0.29, 0.717) is 5.75 Å². The molecule has 0 bridgehead atoms. The molecule has 162 valence electrons. The van der Waals surface area contributed by atoms with E-state index in [9.17, 15) is 13.2 Å². The Bertz CT molecular complexity index is 1310. The molecule has 4 aromatic rings. The second kappa shape index (κ2) is 9.31. The van der Waals surface area contributed by atoms with E-state index in [1.807, 2.05) is 54.8 Å². The maximum absolute atomic E-state index is 12.2. The zero-order valence-electron chi connectivity index (χ0n) is 16.8. The Morgan fingerprint density at radius 1 is 1.19 bits per heavy atom. The van der Waals surface area contributed by atoms with E-state index in [-0.39, 0.29) is 31.4 Å². The fourth-order valence-corrected chi connectivity index (χ4v) is 5.82. The van der Waals surface area contributed by atoms with Crippen LogP contribution >= 0.6 is 22.7 Å². The third kappa shape index (κ3) is 5.40. The number of sulfonamides is 1. The summed E-state index contributed by atoms with van der Waals surface area (Å²) in [7, 11) is -3.50. The summed E-state index contributed by atoms with van der Waals surface area (Å²) in [5, 5.41) is 6.46. The number of hydrogen-bond acceptors (Lipinski definition) is 7. The van der Waals surface area contributed by atoms with Crippen molar-refractivity contribution in [2.45, 2.75) is 13.5 Å². The lowest BCUT2D eigenvalue weighted by molar-refractivity contribution is -0.122. The number of amides is 1. The molecule has 2 aromatic heterocycles. The second-order valence-electron chi connectivity index (χ2n) is 6.88. The van der Waals surface area contributed by atoms with E-state index in [0.717, 1.165) is 30.9 Å². The van der Waals surface area contributed by atoms with Gasteiger partial charge in [-0.2, -0.15) is 0 Å². The molecule has 0 spiro atoms. The van der Waals surface area contributed by atoms with Crippen molar-refractivity contribution in [3.63, 3.8) is 0 Å². The van der Waals surface area contributed by atoms with Crippen LogP contribution in [0.1, 0.15) is 10.6 Å². The van der Waals surface area contributed by atoms with Gasteiger partial charge in [0.05, 0.1) is 25.7 Å². The van der Waals surface area contributed by atoms with Crippen molar-refractivity contribution in [1.29, 1.82) is 0 Å². The first-order valence-electron chi connectivity index (χ1n) is 9.59. The van der Waals surface area contributed by atoms with E-state index in [4.69, 9.17) is 4.74 Å². The van der Waals surface area contributed by atoms with Gasteiger partial charge in [0.1, 0.15) is 5.75 Å². The maximum atomic E-state index is 12.2. The number of aromatic nitrogens is 1. The van der Waals surface area contributed by atoms with Gasteiger partial charge in [0, 0.05) is 24.5 Å². The number of nitrogens with one attached hydrogen (secondary N) is 2. The van der Waals surface area contributed by atoms with Gasteiger partial charge in [-0.1, -0.05) is 30.3 Å². The van der Waals surface area contributed by atoms with Crippen LogP contribution in [0.4, 0.5) is 0 Å². The highest BCUT2D eigenvalue weighted by atomic mass is 32.2. The number of benzene rings is 2. The molecular weight excluding hydrogens is 454 g/mol. The summed E-state index contributed by atoms with van der Waals surface area (Å²) in [6.07, 6.45) is 0. The number of fused-ring (bicyclic) bond motifs is 3. The second-order valence-corrected chi connectivity index (χ2v) is 11.0. The van der Waals surface area contributed by atoms with Gasteiger partial charge < -0.3 is 10.1 Å². The van der Waals surface area contributed by atoms with Gasteiger partial charge in [-0.05, 0) is 23.9 Å². The maximum Gasteiger partial charge on any atom is 0.257 e. The van der Waals surface area contributed by atoms with Crippen molar-refractivity contribution >= 4 is 58.9 Å². The van der Waals surface area contributed by atoms with Gasteiger partial charge in [-0.3, -0.25) is 4.79 Å². The lowest BCUT2D eigenvalue weighted by Gasteiger charge is -2.10. The summed E-state index contributed by atoms with van der Waals surface area (Å²) in [4.78, 5) is 16.7. The lowest BCUT2D eigenvalue weighted by atomic mass is 10.2. The van der Waals surface area contributed by atoms with Crippen molar-refractivity contribution < 1.29 is 17.9 Å². The highest BCUT2D eigenvalue weighted by molar-refractivity contribution is 7.89. The summed E-state index contributed by atoms with van der Waals surface area (Å²) >= 11 is 3.17. The number of aryl methyl sites for hydroxylation is 1. The Kier molecular flexibility index (Phi) is 6.51. The molecule has 7 nitrogen and oxygen atoms in total. The number of thiophene rings is 1. The Morgan fingerprint density at radius 3 is 2.81 bits per heavy atom. The van der Waals surface area contributed by atoms with E-state index in [1.165, 1.54) is 0 Å². The summed E-state index contributed by atoms with van der Waals surface area (Å²) in [6, 6.07) is 13.1. The smallest absolute Gasteiger partial charge is 0.257 e. The van der Waals surface area contributed by atoms with Gasteiger partial charge in [-0.25, -0.2) is 18.1 Å². The summed E-state index contributed by atoms with van der Waals surface area (Å²) in [6.45, 7) is 2.00. The zero-order chi connectivity index (χ0) is 21.8. The predicted molar refractivity (Wildman–Crippen MR) is 125 cm³/mol. The molecule has 10 heteroatoms. The topological polar surface area (TPSA) is 97.4 Å². The van der Waals surface area contributed by atoms with Crippen LogP contribution in [0, 0.1) is 6.92 Å². The largest absolute Gasteiger partial charge is 0.483 e.